The van der Waals surface area contributed by atoms with Crippen LogP contribution < -0.4 is 5.32 Å². The third kappa shape index (κ3) is 3.00. The maximum atomic E-state index is 11.6. The van der Waals surface area contributed by atoms with Gasteiger partial charge in [-0.15, -0.1) is 12.6 Å². The van der Waals surface area contributed by atoms with Crippen LogP contribution in [-0.4, -0.2) is 36.4 Å². The number of fused-ring (bicyclic) bond motifs is 1. The highest BCUT2D eigenvalue weighted by Gasteiger charge is 2.05. The van der Waals surface area contributed by atoms with E-state index in [1.165, 1.54) is 0 Å². The number of benzene rings is 1. The van der Waals surface area contributed by atoms with Crippen LogP contribution in [0.15, 0.2) is 35.4 Å². The third-order valence-corrected chi connectivity index (χ3v) is 2.79. The smallest absolute Gasteiger partial charge is 0.238 e. The monoisotopic (exact) mass is 261 g/mol. The van der Waals surface area contributed by atoms with Crippen LogP contribution in [0.2, 0.25) is 0 Å². The van der Waals surface area contributed by atoms with Crippen LogP contribution in [0.3, 0.4) is 0 Å². The molecule has 1 amide bonds. The number of carbonyl (C=O) groups is 1. The lowest BCUT2D eigenvalue weighted by atomic mass is 10.2. The molecule has 0 radical (unpaired) electrons. The second-order valence-electron chi connectivity index (χ2n) is 4.36. The number of likely N-dealkylation sites (N-methyl/N-ethyl adjacent to an activating group) is 1. The summed E-state index contributed by atoms with van der Waals surface area (Å²) in [5.41, 5.74) is 1.54. The largest absolute Gasteiger partial charge is 0.324 e. The van der Waals surface area contributed by atoms with Crippen molar-refractivity contribution in [2.75, 3.05) is 26.0 Å². The minimum Gasteiger partial charge on any atom is -0.324 e. The van der Waals surface area contributed by atoms with E-state index in [9.17, 15) is 4.79 Å². The van der Waals surface area contributed by atoms with Gasteiger partial charge < -0.3 is 10.2 Å². The lowest BCUT2D eigenvalue weighted by Crippen LogP contribution is -2.27. The fourth-order valence-corrected chi connectivity index (χ4v) is 1.97. The predicted molar refractivity (Wildman–Crippen MR) is 76.2 cm³/mol. The predicted octanol–water partition coefficient (Wildman–Crippen LogP) is 2.02. The van der Waals surface area contributed by atoms with E-state index in [1.54, 1.807) is 6.20 Å². The summed E-state index contributed by atoms with van der Waals surface area (Å²) in [7, 11) is 3.71. The molecule has 2 rings (SSSR count). The van der Waals surface area contributed by atoms with Crippen molar-refractivity contribution >= 4 is 35.1 Å². The van der Waals surface area contributed by atoms with Gasteiger partial charge in [-0.2, -0.15) is 0 Å². The number of hydrogen-bond donors (Lipinski definition) is 2. The van der Waals surface area contributed by atoms with Gasteiger partial charge in [0.05, 0.1) is 23.9 Å². The van der Waals surface area contributed by atoms with Crippen molar-refractivity contribution in [1.82, 2.24) is 9.88 Å². The van der Waals surface area contributed by atoms with Gasteiger partial charge in [-0.3, -0.25) is 9.78 Å². The molecule has 1 heterocycles. The van der Waals surface area contributed by atoms with Crippen molar-refractivity contribution in [3.8, 4) is 0 Å². The number of nitrogens with one attached hydrogen (secondary N) is 1. The number of carbonyl (C=O) groups excluding carboxylic acids is 1. The van der Waals surface area contributed by atoms with Crippen LogP contribution in [-0.2, 0) is 4.79 Å². The molecule has 0 aliphatic rings. The minimum atomic E-state index is -0.0526. The molecule has 4 nitrogen and oxygen atoms in total. The molecule has 0 saturated carbocycles. The van der Waals surface area contributed by atoms with E-state index in [0.29, 0.717) is 12.2 Å². The van der Waals surface area contributed by atoms with E-state index in [4.69, 9.17) is 0 Å². The molecule has 18 heavy (non-hydrogen) atoms. The number of thiol groups is 1. The highest BCUT2D eigenvalue weighted by molar-refractivity contribution is 7.80. The van der Waals surface area contributed by atoms with Crippen LogP contribution >= 0.6 is 12.6 Å². The Morgan fingerprint density at radius 1 is 1.44 bits per heavy atom. The molecule has 0 unspecified atom stereocenters. The van der Waals surface area contributed by atoms with Crippen LogP contribution in [0.4, 0.5) is 5.69 Å². The zero-order valence-electron chi connectivity index (χ0n) is 10.3. The summed E-state index contributed by atoms with van der Waals surface area (Å²) in [6.07, 6.45) is 1.65. The first-order valence-electron chi connectivity index (χ1n) is 5.58. The first-order chi connectivity index (χ1) is 8.56. The van der Waals surface area contributed by atoms with Gasteiger partial charge in [0, 0.05) is 10.3 Å². The van der Waals surface area contributed by atoms with E-state index in [-0.39, 0.29) is 5.91 Å². The molecule has 5 heteroatoms. The molecule has 1 aromatic heterocycles. The minimum absolute atomic E-state index is 0.0526. The third-order valence-electron chi connectivity index (χ3n) is 2.43. The summed E-state index contributed by atoms with van der Waals surface area (Å²) >= 11 is 4.34. The van der Waals surface area contributed by atoms with Crippen LogP contribution in [0, 0.1) is 0 Å². The van der Waals surface area contributed by atoms with Crippen molar-refractivity contribution in [2.45, 2.75) is 4.90 Å². The Bertz CT molecular complexity index is 583. The molecule has 0 bridgehead atoms. The lowest BCUT2D eigenvalue weighted by molar-refractivity contribution is -0.116. The van der Waals surface area contributed by atoms with Crippen LogP contribution in [0.5, 0.6) is 0 Å². The Balaban J connectivity index is 2.23. The second-order valence-corrected chi connectivity index (χ2v) is 4.84. The zero-order chi connectivity index (χ0) is 13.1. The molecule has 1 N–H and O–H groups in total. The molecule has 0 aliphatic carbocycles. The van der Waals surface area contributed by atoms with Crippen molar-refractivity contribution in [3.63, 3.8) is 0 Å². The molecular formula is C13H15N3OS. The van der Waals surface area contributed by atoms with E-state index in [2.05, 4.69) is 22.9 Å². The molecule has 0 spiro atoms. The van der Waals surface area contributed by atoms with Gasteiger partial charge in [0.1, 0.15) is 0 Å². The van der Waals surface area contributed by atoms with Gasteiger partial charge >= 0.3 is 0 Å². The van der Waals surface area contributed by atoms with Gasteiger partial charge in [-0.1, -0.05) is 12.1 Å². The maximum absolute atomic E-state index is 11.6. The normalized spacial score (nSPS) is 10.9. The summed E-state index contributed by atoms with van der Waals surface area (Å²) in [6.45, 7) is 0.352. The van der Waals surface area contributed by atoms with Crippen LogP contribution in [0.1, 0.15) is 0 Å². The molecule has 94 valence electrons. The number of para-hydroxylation sites is 1. The SMILES string of the molecule is CN(C)CC(=O)Nc1cnc2c(S)cccc2c1. The van der Waals surface area contributed by atoms with Crippen LogP contribution in [0.25, 0.3) is 10.9 Å². The highest BCUT2D eigenvalue weighted by atomic mass is 32.1. The van der Waals surface area contributed by atoms with E-state index < -0.39 is 0 Å². The lowest BCUT2D eigenvalue weighted by Gasteiger charge is -2.10. The summed E-state index contributed by atoms with van der Waals surface area (Å²) < 4.78 is 0. The van der Waals surface area contributed by atoms with Gasteiger partial charge in [-0.05, 0) is 26.2 Å². The summed E-state index contributed by atoms with van der Waals surface area (Å²) in [6, 6.07) is 7.65. The Kier molecular flexibility index (Phi) is 3.84. The Morgan fingerprint density at radius 2 is 2.22 bits per heavy atom. The molecule has 0 aliphatic heterocycles. The Morgan fingerprint density at radius 3 is 2.94 bits per heavy atom. The number of rotatable bonds is 3. The summed E-state index contributed by atoms with van der Waals surface area (Å²) in [5, 5.41) is 3.78. The quantitative estimate of drug-likeness (QED) is 0.831. The number of hydrogen-bond acceptors (Lipinski definition) is 4. The number of amides is 1. The average Bonchev–Trinajstić information content (AvgIpc) is 2.27. The molecular weight excluding hydrogens is 246 g/mol. The molecule has 0 fully saturated rings. The molecule has 0 saturated heterocycles. The zero-order valence-corrected chi connectivity index (χ0v) is 11.2. The van der Waals surface area contributed by atoms with Crippen molar-refractivity contribution < 1.29 is 4.79 Å². The van der Waals surface area contributed by atoms with E-state index in [1.807, 2.05) is 43.3 Å². The molecule has 0 atom stereocenters. The van der Waals surface area contributed by atoms with Crippen molar-refractivity contribution in [1.29, 1.82) is 0 Å². The number of anilines is 1. The number of pyridine rings is 1. The molecule has 1 aromatic carbocycles. The van der Waals surface area contributed by atoms with E-state index >= 15 is 0 Å². The first-order valence-corrected chi connectivity index (χ1v) is 6.03. The highest BCUT2D eigenvalue weighted by Crippen LogP contribution is 2.22. The fraction of sp³-hybridized carbons (Fsp3) is 0.231. The van der Waals surface area contributed by atoms with E-state index in [0.717, 1.165) is 15.8 Å². The average molecular weight is 261 g/mol. The topological polar surface area (TPSA) is 45.2 Å². The first kappa shape index (κ1) is 12.9. The number of aromatic nitrogens is 1. The van der Waals surface area contributed by atoms with Gasteiger partial charge in [-0.25, -0.2) is 0 Å². The maximum Gasteiger partial charge on any atom is 0.238 e. The molecule has 2 aromatic rings. The summed E-state index contributed by atoms with van der Waals surface area (Å²) in [4.78, 5) is 18.6. The summed E-state index contributed by atoms with van der Waals surface area (Å²) in [5.74, 6) is -0.0526. The Labute approximate surface area is 111 Å². The van der Waals surface area contributed by atoms with Gasteiger partial charge in [0.15, 0.2) is 0 Å². The van der Waals surface area contributed by atoms with Gasteiger partial charge in [0.25, 0.3) is 0 Å². The fourth-order valence-electron chi connectivity index (χ4n) is 1.70. The van der Waals surface area contributed by atoms with Crippen molar-refractivity contribution in [3.05, 3.63) is 30.5 Å². The number of nitrogens with zero attached hydrogens (tertiary/aromatic N) is 2. The standard InChI is InChI=1S/C13H15N3OS/c1-16(2)8-12(17)15-10-6-9-4-3-5-11(18)13(9)14-7-10/h3-7,18H,8H2,1-2H3,(H,15,17). The second kappa shape index (κ2) is 5.37. The Hall–Kier alpha value is -1.59. The van der Waals surface area contributed by atoms with Crippen molar-refractivity contribution in [2.24, 2.45) is 0 Å². The van der Waals surface area contributed by atoms with Gasteiger partial charge in [0.2, 0.25) is 5.91 Å².